The smallest absolute Gasteiger partial charge is 0.330 e. The first-order valence-corrected chi connectivity index (χ1v) is 50.9. The van der Waals surface area contributed by atoms with Gasteiger partial charge in [-0.25, -0.2) is 19.2 Å². The molecule has 142 heavy (non-hydrogen) atoms. The number of unbranched alkanes of at least 4 members (excludes halogenated alkanes) is 16. The van der Waals surface area contributed by atoms with Crippen molar-refractivity contribution in [3.05, 3.63) is 50.6 Å². The summed E-state index contributed by atoms with van der Waals surface area (Å²) in [5, 5.41) is 37.3. The normalized spacial score (nSPS) is 11.1. The molecule has 0 aliphatic carbocycles. The largest absolute Gasteiger partial charge is 0.466 e. The van der Waals surface area contributed by atoms with E-state index in [1.54, 1.807) is 4.90 Å². The summed E-state index contributed by atoms with van der Waals surface area (Å²) in [5.41, 5.74) is 0. The highest BCUT2D eigenvalue weighted by atomic mass is 16.6. The van der Waals surface area contributed by atoms with Crippen molar-refractivity contribution in [2.45, 2.75) is 276 Å². The number of carbonyl (C=O) groups is 16. The fourth-order valence-corrected chi connectivity index (χ4v) is 13.5. The lowest BCUT2D eigenvalue weighted by molar-refractivity contribution is -0.148. The number of aliphatic hydroxyl groups excluding tert-OH is 4. The molecular formula is C101H169N5O36. The minimum Gasteiger partial charge on any atom is -0.466 e. The zero-order valence-corrected chi connectivity index (χ0v) is 84.5. The third kappa shape index (κ3) is 86.8. The third-order valence-corrected chi connectivity index (χ3v) is 21.8. The van der Waals surface area contributed by atoms with Crippen LogP contribution in [0.15, 0.2) is 50.6 Å². The molecule has 0 aliphatic rings. The molecule has 0 saturated heterocycles. The summed E-state index contributed by atoms with van der Waals surface area (Å²) in [4.78, 5) is 212. The van der Waals surface area contributed by atoms with Crippen LogP contribution in [0.3, 0.4) is 0 Å². The molecule has 0 spiro atoms. The van der Waals surface area contributed by atoms with Crippen molar-refractivity contribution in [2.24, 2.45) is 0 Å². The highest BCUT2D eigenvalue weighted by Crippen LogP contribution is 2.19. The number of aliphatic hydroxyl groups is 4. The summed E-state index contributed by atoms with van der Waals surface area (Å²) in [5.74, 6) is -8.21. The van der Waals surface area contributed by atoms with Gasteiger partial charge in [0.05, 0.1) is 170 Å². The lowest BCUT2D eigenvalue weighted by Gasteiger charge is -2.31. The summed E-state index contributed by atoms with van der Waals surface area (Å²) in [6, 6.07) is -0.672. The topological polar surface area (TPSA) is 518 Å². The van der Waals surface area contributed by atoms with E-state index >= 15 is 0 Å². The number of ether oxygens (including phenoxy) is 16. The minimum absolute atomic E-state index is 0.0201. The molecule has 0 atom stereocenters. The Balaban J connectivity index is 6.55. The van der Waals surface area contributed by atoms with Gasteiger partial charge in [-0.1, -0.05) is 26.3 Å². The quantitative estimate of drug-likeness (QED) is 0.0191. The summed E-state index contributed by atoms with van der Waals surface area (Å²) >= 11 is 0. The molecule has 41 heteroatoms. The van der Waals surface area contributed by atoms with Gasteiger partial charge in [-0.3, -0.25) is 62.4 Å². The van der Waals surface area contributed by atoms with Crippen molar-refractivity contribution in [1.29, 1.82) is 0 Å². The number of rotatable bonds is 101. The Kier molecular flexibility index (Phi) is 89.3. The van der Waals surface area contributed by atoms with Crippen molar-refractivity contribution in [1.82, 2.24) is 24.5 Å². The second-order valence-electron chi connectivity index (χ2n) is 33.6. The van der Waals surface area contributed by atoms with Crippen molar-refractivity contribution in [3.63, 3.8) is 0 Å². The number of esters is 16. The van der Waals surface area contributed by atoms with Crippen LogP contribution in [-0.2, 0) is 153 Å². The van der Waals surface area contributed by atoms with Crippen LogP contribution in [0.1, 0.15) is 270 Å². The standard InChI is InChI=1S/C101H169N5O36/c1-5-86(111)127-69-21-25-75-133-92(117)41-55-102(51-13-9-17-65-107)59-45-96(121)137-79-31-29-73-131-90(115)39-37-85(38-40-91(116)132-74-30-32-80-138-97(122)46-60-103(52-14-10-18-66-108)56-42-93(118)134-76-26-22-70-128-87(112)6-2)106(63-49-100(125)141-83-35-33-81-139-98(123)47-61-104(53-15-11-19-67-109)57-43-94(119)135-77-27-23-71-129-88(113)7-3)64-50-101(126)142-84-36-34-82-140-99(124)48-62-105(54-16-12-20-68-110)58-44-95(120)136-78-28-24-72-130-89(114)8-4/h5-8,85,107-110H,1-4,9-84H2. The van der Waals surface area contributed by atoms with E-state index in [1.807, 2.05) is 19.6 Å². The zero-order chi connectivity index (χ0) is 105. The average Bonchev–Trinajstić information content (AvgIpc) is 0.890. The molecular weight excluding hydrogens is 1860 g/mol. The second kappa shape index (κ2) is 95.9. The molecule has 0 fully saturated rings. The maximum Gasteiger partial charge on any atom is 0.330 e. The molecule has 4 N–H and O–H groups in total. The van der Waals surface area contributed by atoms with Crippen molar-refractivity contribution in [2.75, 3.05) is 224 Å². The highest BCUT2D eigenvalue weighted by molar-refractivity contribution is 5.82. The van der Waals surface area contributed by atoms with Crippen LogP contribution in [0.4, 0.5) is 0 Å². The SMILES string of the molecule is C=CC(=O)OCCCCOC(=O)CCN(CCCCCO)CCC(=O)OCCCCOC(=O)CCC(CCC(=O)OCCCCOC(=O)CCN(CCCCCO)CCC(=O)OCCCCOC(=O)C=C)N(CCC(=O)OCCCCOC(=O)CCN(CCCCCO)CCC(=O)OCCCCOC(=O)C=C)CCC(=O)OCCCCOC(=O)CCN(CCCCCO)CCC(=O)OCCCCOC(=O)C=C. The summed E-state index contributed by atoms with van der Waals surface area (Å²) in [6.07, 6.45) is 18.7. The molecule has 0 aromatic rings. The molecule has 0 aliphatic heterocycles. The van der Waals surface area contributed by atoms with Gasteiger partial charge in [-0.15, -0.1) is 0 Å². The van der Waals surface area contributed by atoms with Crippen molar-refractivity contribution >= 4 is 95.5 Å². The molecule has 0 amide bonds. The van der Waals surface area contributed by atoms with Gasteiger partial charge < -0.3 is 116 Å². The predicted molar refractivity (Wildman–Crippen MR) is 520 cm³/mol. The highest BCUT2D eigenvalue weighted by Gasteiger charge is 2.26. The first kappa shape index (κ1) is 132. The van der Waals surface area contributed by atoms with Gasteiger partial charge in [-0.05, 0) is 219 Å². The van der Waals surface area contributed by atoms with E-state index in [-0.39, 0.29) is 235 Å². The summed E-state index contributed by atoms with van der Waals surface area (Å²) < 4.78 is 85.8. The summed E-state index contributed by atoms with van der Waals surface area (Å²) in [7, 11) is 0. The fourth-order valence-electron chi connectivity index (χ4n) is 13.5. The first-order chi connectivity index (χ1) is 68.8. The van der Waals surface area contributed by atoms with E-state index in [4.69, 9.17) is 75.8 Å². The first-order valence-electron chi connectivity index (χ1n) is 50.9. The van der Waals surface area contributed by atoms with Gasteiger partial charge in [-0.2, -0.15) is 0 Å². The van der Waals surface area contributed by atoms with Gasteiger partial charge in [0.25, 0.3) is 0 Å². The van der Waals surface area contributed by atoms with Crippen LogP contribution in [0.2, 0.25) is 0 Å². The Morgan fingerprint density at radius 1 is 0.176 bits per heavy atom. The Labute approximate surface area is 839 Å². The molecule has 0 heterocycles. The van der Waals surface area contributed by atoms with Crippen LogP contribution in [0.5, 0.6) is 0 Å². The van der Waals surface area contributed by atoms with Crippen LogP contribution in [-0.4, -0.2) is 370 Å². The number of carbonyl (C=O) groups excluding carboxylic acids is 16. The van der Waals surface area contributed by atoms with Crippen LogP contribution in [0.25, 0.3) is 0 Å². The summed E-state index contributed by atoms with van der Waals surface area (Å²) in [6.45, 7) is 19.3. The van der Waals surface area contributed by atoms with Crippen LogP contribution >= 0.6 is 0 Å². The van der Waals surface area contributed by atoms with Crippen LogP contribution < -0.4 is 0 Å². The van der Waals surface area contributed by atoms with E-state index in [0.717, 1.165) is 50.0 Å². The Hall–Kier alpha value is -9.88. The van der Waals surface area contributed by atoms with Crippen molar-refractivity contribution in [3.8, 4) is 0 Å². The molecule has 0 saturated carbocycles. The van der Waals surface area contributed by atoms with Gasteiger partial charge in [0.15, 0.2) is 0 Å². The van der Waals surface area contributed by atoms with Crippen LogP contribution in [0, 0.1) is 0 Å². The van der Waals surface area contributed by atoms with E-state index in [9.17, 15) is 97.1 Å². The minimum atomic E-state index is -0.672. The Bertz CT molecular complexity index is 3030. The Morgan fingerprint density at radius 3 is 0.465 bits per heavy atom. The van der Waals surface area contributed by atoms with Gasteiger partial charge in [0, 0.05) is 135 Å². The van der Waals surface area contributed by atoms with E-state index in [0.29, 0.717) is 233 Å². The number of nitrogens with zero attached hydrogens (tertiary/aromatic N) is 5. The average molecular weight is 2030 g/mol. The molecule has 0 aromatic heterocycles. The maximum atomic E-state index is 13.7. The fraction of sp³-hybridized carbons (Fsp3) is 0.762. The monoisotopic (exact) mass is 2030 g/mol. The lowest BCUT2D eigenvalue weighted by atomic mass is 10.0. The number of hydrogen-bond donors (Lipinski definition) is 4. The molecule has 41 nitrogen and oxygen atoms in total. The number of hydrogen-bond acceptors (Lipinski definition) is 41. The van der Waals surface area contributed by atoms with E-state index in [1.165, 1.54) is 0 Å². The van der Waals surface area contributed by atoms with Gasteiger partial charge >= 0.3 is 95.5 Å². The molecule has 0 rings (SSSR count). The Morgan fingerprint density at radius 2 is 0.317 bits per heavy atom. The van der Waals surface area contributed by atoms with E-state index in [2.05, 4.69) is 26.3 Å². The molecule has 0 radical (unpaired) electrons. The third-order valence-electron chi connectivity index (χ3n) is 21.8. The predicted octanol–water partition coefficient (Wildman–Crippen LogP) is 8.65. The second-order valence-corrected chi connectivity index (χ2v) is 33.6. The maximum absolute atomic E-state index is 13.7. The zero-order valence-electron chi connectivity index (χ0n) is 84.5. The van der Waals surface area contributed by atoms with Gasteiger partial charge in [0.2, 0.25) is 0 Å². The molecule has 0 bridgehead atoms. The molecule has 814 valence electrons. The molecule has 0 unspecified atom stereocenters. The van der Waals surface area contributed by atoms with Gasteiger partial charge in [0.1, 0.15) is 0 Å². The molecule has 0 aromatic carbocycles. The van der Waals surface area contributed by atoms with Crippen molar-refractivity contribution < 1.29 is 173 Å². The van der Waals surface area contributed by atoms with E-state index < -0.39 is 102 Å². The lowest BCUT2D eigenvalue weighted by Crippen LogP contribution is -2.39.